The van der Waals surface area contributed by atoms with Gasteiger partial charge in [0.2, 0.25) is 0 Å². The molecule has 0 radical (unpaired) electrons. The molecule has 1 heterocycles. The molecule has 5 nitrogen and oxygen atoms in total. The monoisotopic (exact) mass is 261 g/mol. The molecular formula is C11H23N3O2S. The van der Waals surface area contributed by atoms with Crippen molar-refractivity contribution in [3.8, 4) is 0 Å². The summed E-state index contributed by atoms with van der Waals surface area (Å²) in [5.74, 6) is 0.470. The van der Waals surface area contributed by atoms with E-state index >= 15 is 0 Å². The van der Waals surface area contributed by atoms with Gasteiger partial charge in [0.25, 0.3) is 10.2 Å². The van der Waals surface area contributed by atoms with E-state index in [1.54, 1.807) is 4.31 Å². The molecular weight excluding hydrogens is 238 g/mol. The molecule has 1 saturated heterocycles. The van der Waals surface area contributed by atoms with Gasteiger partial charge in [0.15, 0.2) is 0 Å². The summed E-state index contributed by atoms with van der Waals surface area (Å²) in [4.78, 5) is 0. The Bertz CT molecular complexity index is 341. The predicted molar refractivity (Wildman–Crippen MR) is 67.9 cm³/mol. The Kier molecular flexibility index (Phi) is 4.41. The minimum atomic E-state index is -3.23. The van der Waals surface area contributed by atoms with Crippen LogP contribution >= 0.6 is 0 Å². The minimum Gasteiger partial charge on any atom is -0.314 e. The van der Waals surface area contributed by atoms with Gasteiger partial charge in [0.1, 0.15) is 0 Å². The first-order valence-electron chi connectivity index (χ1n) is 6.60. The molecule has 0 aromatic rings. The smallest absolute Gasteiger partial charge is 0.279 e. The van der Waals surface area contributed by atoms with Crippen LogP contribution in [-0.2, 0) is 10.2 Å². The van der Waals surface area contributed by atoms with Crippen LogP contribution in [0.25, 0.3) is 0 Å². The molecule has 2 N–H and O–H groups in total. The van der Waals surface area contributed by atoms with Crippen molar-refractivity contribution in [2.45, 2.75) is 38.6 Å². The summed E-state index contributed by atoms with van der Waals surface area (Å²) in [7, 11) is -3.23. The molecule has 1 atom stereocenters. The highest BCUT2D eigenvalue weighted by Crippen LogP contribution is 2.22. The maximum atomic E-state index is 11.9. The van der Waals surface area contributed by atoms with Crippen LogP contribution in [0.15, 0.2) is 0 Å². The van der Waals surface area contributed by atoms with Crippen LogP contribution in [0.3, 0.4) is 0 Å². The van der Waals surface area contributed by atoms with Crippen LogP contribution in [0.2, 0.25) is 0 Å². The fraction of sp³-hybridized carbons (Fsp3) is 1.00. The third-order valence-electron chi connectivity index (χ3n) is 3.42. The number of nitrogens with one attached hydrogen (secondary N) is 2. The van der Waals surface area contributed by atoms with Crippen molar-refractivity contribution in [1.82, 2.24) is 14.3 Å². The number of hydrogen-bond acceptors (Lipinski definition) is 3. The van der Waals surface area contributed by atoms with Crippen LogP contribution in [0.4, 0.5) is 0 Å². The Morgan fingerprint density at radius 3 is 2.71 bits per heavy atom. The van der Waals surface area contributed by atoms with E-state index in [4.69, 9.17) is 0 Å². The maximum absolute atomic E-state index is 11.9. The first-order chi connectivity index (χ1) is 8.12. The lowest BCUT2D eigenvalue weighted by atomic mass is 10.00. The number of hydrogen-bond donors (Lipinski definition) is 2. The average molecular weight is 261 g/mol. The average Bonchev–Trinajstić information content (AvgIpc) is 3.10. The fourth-order valence-electron chi connectivity index (χ4n) is 2.31. The Morgan fingerprint density at radius 2 is 2.06 bits per heavy atom. The van der Waals surface area contributed by atoms with Gasteiger partial charge >= 0.3 is 0 Å². The molecule has 6 heteroatoms. The van der Waals surface area contributed by atoms with Gasteiger partial charge < -0.3 is 5.32 Å². The molecule has 1 saturated carbocycles. The summed E-state index contributed by atoms with van der Waals surface area (Å²) in [5.41, 5.74) is 0. The Balaban J connectivity index is 1.82. The quantitative estimate of drug-likeness (QED) is 0.723. The van der Waals surface area contributed by atoms with Gasteiger partial charge in [-0.25, -0.2) is 4.72 Å². The first-order valence-corrected chi connectivity index (χ1v) is 8.04. The first kappa shape index (κ1) is 13.3. The van der Waals surface area contributed by atoms with Crippen molar-refractivity contribution in [3.63, 3.8) is 0 Å². The zero-order chi connectivity index (χ0) is 12.3. The molecule has 2 aliphatic rings. The molecule has 0 aromatic carbocycles. The highest BCUT2D eigenvalue weighted by Gasteiger charge is 2.29. The van der Waals surface area contributed by atoms with E-state index in [2.05, 4.69) is 10.0 Å². The summed E-state index contributed by atoms with van der Waals surface area (Å²) in [6.07, 6.45) is 4.68. The second-order valence-corrected chi connectivity index (χ2v) is 6.81. The molecule has 0 spiro atoms. The van der Waals surface area contributed by atoms with Crippen LogP contribution in [-0.4, -0.2) is 44.9 Å². The van der Waals surface area contributed by atoms with E-state index in [1.807, 2.05) is 6.92 Å². The summed E-state index contributed by atoms with van der Waals surface area (Å²) >= 11 is 0. The minimum absolute atomic E-state index is 0.462. The van der Waals surface area contributed by atoms with Crippen LogP contribution in [0, 0.1) is 5.92 Å². The highest BCUT2D eigenvalue weighted by molar-refractivity contribution is 7.87. The van der Waals surface area contributed by atoms with Crippen molar-refractivity contribution in [2.75, 3.05) is 26.2 Å². The lowest BCUT2D eigenvalue weighted by Gasteiger charge is -2.31. The van der Waals surface area contributed by atoms with Crippen LogP contribution in [0.5, 0.6) is 0 Å². The molecule has 1 aliphatic heterocycles. The molecule has 100 valence electrons. The summed E-state index contributed by atoms with van der Waals surface area (Å²) in [5, 5.41) is 3.49. The van der Waals surface area contributed by atoms with Crippen molar-refractivity contribution in [1.29, 1.82) is 0 Å². The Labute approximate surface area is 104 Å². The van der Waals surface area contributed by atoms with Crippen molar-refractivity contribution < 1.29 is 8.42 Å². The topological polar surface area (TPSA) is 61.4 Å². The Morgan fingerprint density at radius 1 is 1.29 bits per heavy atom. The molecule has 17 heavy (non-hydrogen) atoms. The van der Waals surface area contributed by atoms with Gasteiger partial charge in [-0.15, -0.1) is 0 Å². The number of piperidine rings is 1. The number of nitrogens with zero attached hydrogens (tertiary/aromatic N) is 1. The zero-order valence-electron chi connectivity index (χ0n) is 10.5. The molecule has 2 fully saturated rings. The fourth-order valence-corrected chi connectivity index (χ4v) is 3.63. The van der Waals surface area contributed by atoms with Gasteiger partial charge in [-0.2, -0.15) is 12.7 Å². The molecule has 0 amide bonds. The van der Waals surface area contributed by atoms with E-state index in [0.717, 1.165) is 19.4 Å². The van der Waals surface area contributed by atoms with Crippen molar-refractivity contribution >= 4 is 10.2 Å². The standard InChI is InChI=1S/C11H23N3O2S/c1-2-13-17(15,16)14-7-3-4-10(9-14)8-12-11-5-6-11/h10-13H,2-9H2,1H3. The van der Waals surface area contributed by atoms with Gasteiger partial charge in [0.05, 0.1) is 0 Å². The number of rotatable bonds is 6. The second kappa shape index (κ2) is 5.65. The summed E-state index contributed by atoms with van der Waals surface area (Å²) < 4.78 is 27.9. The van der Waals surface area contributed by atoms with Gasteiger partial charge in [0, 0.05) is 25.7 Å². The van der Waals surface area contributed by atoms with Gasteiger partial charge in [-0.05, 0) is 38.1 Å². The van der Waals surface area contributed by atoms with Crippen molar-refractivity contribution in [2.24, 2.45) is 5.92 Å². The zero-order valence-corrected chi connectivity index (χ0v) is 11.3. The van der Waals surface area contributed by atoms with Gasteiger partial charge in [-0.1, -0.05) is 6.92 Å². The van der Waals surface area contributed by atoms with Gasteiger partial charge in [-0.3, -0.25) is 0 Å². The van der Waals surface area contributed by atoms with Crippen molar-refractivity contribution in [3.05, 3.63) is 0 Å². The SMILES string of the molecule is CCNS(=O)(=O)N1CCCC(CNC2CC2)C1. The second-order valence-electron chi connectivity index (χ2n) is 5.05. The van der Waals surface area contributed by atoms with E-state index in [-0.39, 0.29) is 0 Å². The van der Waals surface area contributed by atoms with E-state index < -0.39 is 10.2 Å². The third-order valence-corrected chi connectivity index (χ3v) is 5.09. The van der Waals surface area contributed by atoms with E-state index in [0.29, 0.717) is 31.6 Å². The summed E-state index contributed by atoms with van der Waals surface area (Å²) in [6, 6.07) is 0.704. The highest BCUT2D eigenvalue weighted by atomic mass is 32.2. The lowest BCUT2D eigenvalue weighted by molar-refractivity contribution is 0.257. The third kappa shape index (κ3) is 3.91. The molecule has 1 aliphatic carbocycles. The summed E-state index contributed by atoms with van der Waals surface area (Å²) in [6.45, 7) is 4.56. The predicted octanol–water partition coefficient (Wildman–Crippen LogP) is 0.305. The van der Waals surface area contributed by atoms with Crippen LogP contribution < -0.4 is 10.0 Å². The van der Waals surface area contributed by atoms with Crippen LogP contribution in [0.1, 0.15) is 32.6 Å². The Hall–Kier alpha value is -0.170. The van der Waals surface area contributed by atoms with E-state index in [9.17, 15) is 8.42 Å². The largest absolute Gasteiger partial charge is 0.314 e. The van der Waals surface area contributed by atoms with E-state index in [1.165, 1.54) is 12.8 Å². The molecule has 0 bridgehead atoms. The maximum Gasteiger partial charge on any atom is 0.279 e. The molecule has 2 rings (SSSR count). The molecule has 1 unspecified atom stereocenters. The normalized spacial score (nSPS) is 27.2. The molecule has 0 aromatic heterocycles. The lowest BCUT2D eigenvalue weighted by Crippen LogP contribution is -2.47.